The minimum absolute atomic E-state index is 0.197. The summed E-state index contributed by atoms with van der Waals surface area (Å²) in [5.74, 6) is 0.989. The van der Waals surface area contributed by atoms with Crippen LogP contribution in [0.5, 0.6) is 11.5 Å². The molecule has 0 spiro atoms. The van der Waals surface area contributed by atoms with Crippen molar-refractivity contribution in [2.75, 3.05) is 13.7 Å². The van der Waals surface area contributed by atoms with Crippen LogP contribution in [-0.4, -0.2) is 19.8 Å². The third kappa shape index (κ3) is 3.07. The van der Waals surface area contributed by atoms with Gasteiger partial charge in [-0.15, -0.1) is 0 Å². The predicted molar refractivity (Wildman–Crippen MR) is 85.1 cm³/mol. The third-order valence-electron chi connectivity index (χ3n) is 3.90. The first-order valence-corrected chi connectivity index (χ1v) is 7.36. The number of fused-ring (bicyclic) bond motifs is 1. The highest BCUT2D eigenvalue weighted by Gasteiger charge is 2.24. The monoisotopic (exact) mass is 313 g/mol. The van der Waals surface area contributed by atoms with Crippen LogP contribution in [0.15, 0.2) is 41.5 Å². The molecule has 0 fully saturated rings. The van der Waals surface area contributed by atoms with Crippen LogP contribution in [0.1, 0.15) is 12.0 Å². The minimum Gasteiger partial charge on any atom is -0.496 e. The maximum Gasteiger partial charge on any atom is 0.131 e. The molecule has 6 heteroatoms. The van der Waals surface area contributed by atoms with Crippen LogP contribution in [-0.2, 0) is 6.42 Å². The molecule has 1 aliphatic heterocycles. The molecule has 0 bridgehead atoms. The van der Waals surface area contributed by atoms with Crippen molar-refractivity contribution in [2.45, 2.75) is 18.9 Å². The van der Waals surface area contributed by atoms with Gasteiger partial charge in [0.15, 0.2) is 0 Å². The summed E-state index contributed by atoms with van der Waals surface area (Å²) in [5, 5.41) is 3.58. The first kappa shape index (κ1) is 15.2. The van der Waals surface area contributed by atoms with E-state index < -0.39 is 0 Å². The molecule has 0 saturated heterocycles. The number of aryl methyl sites for hydroxylation is 1. The number of hydrogen-bond acceptors (Lipinski definition) is 3. The highest BCUT2D eigenvalue weighted by atomic mass is 19.1. The first-order chi connectivity index (χ1) is 11.2. The molecule has 1 aliphatic rings. The fourth-order valence-electron chi connectivity index (χ4n) is 2.84. The van der Waals surface area contributed by atoms with Gasteiger partial charge in [-0.3, -0.25) is 0 Å². The van der Waals surface area contributed by atoms with Gasteiger partial charge in [0.25, 0.3) is 0 Å². The lowest BCUT2D eigenvalue weighted by atomic mass is 9.95. The Hall–Kier alpha value is -2.72. The summed E-state index contributed by atoms with van der Waals surface area (Å²) in [6, 6.07) is 10.4. The Morgan fingerprint density at radius 1 is 1.35 bits per heavy atom. The molecule has 23 heavy (non-hydrogen) atoms. The van der Waals surface area contributed by atoms with Gasteiger partial charge in [0, 0.05) is 16.0 Å². The number of methoxy groups -OCH3 is 1. The zero-order valence-electron chi connectivity index (χ0n) is 12.7. The van der Waals surface area contributed by atoms with E-state index in [9.17, 15) is 4.39 Å². The molecule has 0 N–H and O–H groups in total. The molecule has 0 saturated carbocycles. The number of benzene rings is 2. The molecule has 2 aromatic carbocycles. The summed E-state index contributed by atoms with van der Waals surface area (Å²) in [6.07, 6.45) is 1.18. The lowest BCUT2D eigenvalue weighted by molar-refractivity contribution is 0.182. The largest absolute Gasteiger partial charge is 0.496 e. The van der Waals surface area contributed by atoms with Gasteiger partial charge in [0.2, 0.25) is 0 Å². The fraction of sp³-hybridized carbons (Fsp3) is 0.294. The molecule has 3 rings (SSSR count). The van der Waals surface area contributed by atoms with Crippen molar-refractivity contribution in [3.05, 3.63) is 58.2 Å². The Kier molecular flexibility index (Phi) is 4.35. The maximum absolute atomic E-state index is 14.0. The molecule has 118 valence electrons. The van der Waals surface area contributed by atoms with Crippen molar-refractivity contribution < 1.29 is 13.9 Å². The van der Waals surface area contributed by atoms with Gasteiger partial charge < -0.3 is 9.47 Å². The van der Waals surface area contributed by atoms with Crippen molar-refractivity contribution in [1.29, 1.82) is 0 Å². The summed E-state index contributed by atoms with van der Waals surface area (Å²) in [6.45, 7) is 0.263. The molecule has 0 amide bonds. The molecule has 0 radical (unpaired) electrons. The van der Waals surface area contributed by atoms with Gasteiger partial charge in [-0.25, -0.2) is 4.39 Å². The predicted octanol–water partition coefficient (Wildman–Crippen LogP) is 4.51. The summed E-state index contributed by atoms with van der Waals surface area (Å²) in [4.78, 5) is 2.77. The molecule has 0 aromatic heterocycles. The second-order valence-corrected chi connectivity index (χ2v) is 5.33. The van der Waals surface area contributed by atoms with E-state index in [0.29, 0.717) is 29.9 Å². The van der Waals surface area contributed by atoms with Crippen molar-refractivity contribution in [3.8, 4) is 22.6 Å². The highest BCUT2D eigenvalue weighted by Crippen LogP contribution is 2.42. The summed E-state index contributed by atoms with van der Waals surface area (Å²) < 4.78 is 25.4. The molecule has 5 nitrogen and oxygen atoms in total. The molecule has 2 aromatic rings. The lowest BCUT2D eigenvalue weighted by Gasteiger charge is -2.27. The van der Waals surface area contributed by atoms with Crippen LogP contribution in [0, 0.1) is 5.82 Å². The zero-order valence-corrected chi connectivity index (χ0v) is 12.7. The van der Waals surface area contributed by atoms with E-state index in [-0.39, 0.29) is 18.5 Å². The SMILES string of the molecule is COc1ccccc1-c1cc(F)cc2c1OC(CN=[N+]=[N-])CC2. The molecular weight excluding hydrogens is 297 g/mol. The van der Waals surface area contributed by atoms with E-state index in [0.717, 1.165) is 11.1 Å². The van der Waals surface area contributed by atoms with Crippen LogP contribution >= 0.6 is 0 Å². The fourth-order valence-corrected chi connectivity index (χ4v) is 2.84. The van der Waals surface area contributed by atoms with E-state index in [2.05, 4.69) is 10.0 Å². The molecular formula is C17H16FN3O2. The van der Waals surface area contributed by atoms with Gasteiger partial charge in [0.05, 0.1) is 13.7 Å². The Labute approximate surface area is 133 Å². The van der Waals surface area contributed by atoms with E-state index >= 15 is 0 Å². The quantitative estimate of drug-likeness (QED) is 0.473. The lowest BCUT2D eigenvalue weighted by Crippen LogP contribution is -2.25. The highest BCUT2D eigenvalue weighted by molar-refractivity contribution is 5.77. The number of hydrogen-bond donors (Lipinski definition) is 0. The Morgan fingerprint density at radius 2 is 2.17 bits per heavy atom. The average molecular weight is 313 g/mol. The Balaban J connectivity index is 2.08. The second kappa shape index (κ2) is 6.58. The van der Waals surface area contributed by atoms with Crippen molar-refractivity contribution in [1.82, 2.24) is 0 Å². The van der Waals surface area contributed by atoms with E-state index in [1.807, 2.05) is 24.3 Å². The summed E-state index contributed by atoms with van der Waals surface area (Å²) >= 11 is 0. The summed E-state index contributed by atoms with van der Waals surface area (Å²) in [5.41, 5.74) is 10.7. The van der Waals surface area contributed by atoms with E-state index in [1.54, 1.807) is 7.11 Å². The number of azide groups is 1. The maximum atomic E-state index is 14.0. The van der Waals surface area contributed by atoms with Crippen molar-refractivity contribution in [2.24, 2.45) is 5.11 Å². The molecule has 1 unspecified atom stereocenters. The van der Waals surface area contributed by atoms with Crippen LogP contribution in [0.25, 0.3) is 21.6 Å². The van der Waals surface area contributed by atoms with E-state index in [1.165, 1.54) is 12.1 Å². The van der Waals surface area contributed by atoms with Crippen LogP contribution < -0.4 is 9.47 Å². The normalized spacial score (nSPS) is 16.0. The average Bonchev–Trinajstić information content (AvgIpc) is 2.59. The van der Waals surface area contributed by atoms with Gasteiger partial charge in [0.1, 0.15) is 23.4 Å². The molecule has 0 aliphatic carbocycles. The van der Waals surface area contributed by atoms with Crippen molar-refractivity contribution in [3.63, 3.8) is 0 Å². The number of para-hydroxylation sites is 1. The van der Waals surface area contributed by atoms with Crippen LogP contribution in [0.2, 0.25) is 0 Å². The number of ether oxygens (including phenoxy) is 2. The smallest absolute Gasteiger partial charge is 0.131 e. The number of nitrogens with zero attached hydrogens (tertiary/aromatic N) is 3. The van der Waals surface area contributed by atoms with Gasteiger partial charge in [-0.05, 0) is 42.1 Å². The number of halogens is 1. The molecule has 1 heterocycles. The topological polar surface area (TPSA) is 67.2 Å². The van der Waals surface area contributed by atoms with Crippen LogP contribution in [0.4, 0.5) is 4.39 Å². The van der Waals surface area contributed by atoms with E-state index in [4.69, 9.17) is 15.0 Å². The Morgan fingerprint density at radius 3 is 2.96 bits per heavy atom. The van der Waals surface area contributed by atoms with Crippen LogP contribution in [0.3, 0.4) is 0 Å². The molecule has 1 atom stereocenters. The summed E-state index contributed by atoms with van der Waals surface area (Å²) in [7, 11) is 1.58. The van der Waals surface area contributed by atoms with Gasteiger partial charge in [-0.2, -0.15) is 0 Å². The Bertz CT molecular complexity index is 772. The third-order valence-corrected chi connectivity index (χ3v) is 3.90. The van der Waals surface area contributed by atoms with Gasteiger partial charge in [-0.1, -0.05) is 23.3 Å². The van der Waals surface area contributed by atoms with Crippen molar-refractivity contribution >= 4 is 0 Å². The number of rotatable bonds is 4. The standard InChI is InChI=1S/C17H16FN3O2/c1-22-16-5-3-2-4-14(16)15-9-12(18)8-11-6-7-13(10-20-21-19)23-17(11)15/h2-5,8-9,13H,6-7,10H2,1H3. The second-order valence-electron chi connectivity index (χ2n) is 5.33. The zero-order chi connectivity index (χ0) is 16.2. The van der Waals surface area contributed by atoms with Gasteiger partial charge >= 0.3 is 0 Å². The first-order valence-electron chi connectivity index (χ1n) is 7.36. The minimum atomic E-state index is -0.304.